The van der Waals surface area contributed by atoms with Gasteiger partial charge in [-0.3, -0.25) is 14.4 Å². The molecule has 1 aromatic carbocycles. The molecule has 2 amide bonds. The van der Waals surface area contributed by atoms with Gasteiger partial charge in [-0.15, -0.1) is 11.3 Å². The van der Waals surface area contributed by atoms with Crippen molar-refractivity contribution >= 4 is 46.7 Å². The van der Waals surface area contributed by atoms with Gasteiger partial charge in [-0.2, -0.15) is 0 Å². The second kappa shape index (κ2) is 9.15. The highest BCUT2D eigenvalue weighted by Crippen LogP contribution is 2.25. The Bertz CT molecular complexity index is 844. The molecule has 2 aromatic rings. The maximum Gasteiger partial charge on any atom is 0.265 e. The predicted octanol–water partition coefficient (Wildman–Crippen LogP) is 4.78. The molecular weight excluding hydrogens is 384 g/mol. The van der Waals surface area contributed by atoms with Crippen LogP contribution in [0, 0.1) is 5.92 Å². The summed E-state index contributed by atoms with van der Waals surface area (Å²) in [5, 5.41) is 5.63. The largest absolute Gasteiger partial charge is 0.352 e. The molecule has 142 valence electrons. The third kappa shape index (κ3) is 4.96. The molecule has 0 aliphatic heterocycles. The van der Waals surface area contributed by atoms with Gasteiger partial charge in [0.25, 0.3) is 11.8 Å². The van der Waals surface area contributed by atoms with Crippen LogP contribution in [0.4, 0.5) is 5.69 Å². The number of halogens is 1. The highest BCUT2D eigenvalue weighted by atomic mass is 35.5. The second-order valence-corrected chi connectivity index (χ2v) is 8.37. The standard InChI is InChI=1S/C20H21ClN2O3S/c21-18-10-9-17(27-18)20(26)23-16-8-4-7-14(15(16)12-24)19(25)22-11-13-5-2-1-3-6-13/h4,7-10,12-13H,1-3,5-6,11H2,(H,22,25)(H,23,26). The molecule has 1 aliphatic rings. The van der Waals surface area contributed by atoms with Crippen LogP contribution in [0.2, 0.25) is 4.34 Å². The molecule has 1 heterocycles. The summed E-state index contributed by atoms with van der Waals surface area (Å²) in [6.45, 7) is 0.613. The van der Waals surface area contributed by atoms with Gasteiger partial charge in [-0.25, -0.2) is 0 Å². The first-order valence-corrected chi connectivity index (χ1v) is 10.2. The van der Waals surface area contributed by atoms with E-state index in [0.717, 1.165) is 24.2 Å². The summed E-state index contributed by atoms with van der Waals surface area (Å²) in [6, 6.07) is 8.10. The number of hydrogen-bond donors (Lipinski definition) is 2. The number of benzene rings is 1. The summed E-state index contributed by atoms with van der Waals surface area (Å²) in [5.41, 5.74) is 0.752. The predicted molar refractivity (Wildman–Crippen MR) is 108 cm³/mol. The van der Waals surface area contributed by atoms with Gasteiger partial charge in [-0.05, 0) is 43.0 Å². The van der Waals surface area contributed by atoms with E-state index < -0.39 is 0 Å². The number of hydrogen-bond acceptors (Lipinski definition) is 4. The fourth-order valence-electron chi connectivity index (χ4n) is 3.34. The maximum atomic E-state index is 12.6. The highest BCUT2D eigenvalue weighted by Gasteiger charge is 2.19. The molecule has 5 nitrogen and oxygen atoms in total. The summed E-state index contributed by atoms with van der Waals surface area (Å²) in [6.07, 6.45) is 6.52. The minimum absolute atomic E-state index is 0.176. The van der Waals surface area contributed by atoms with Gasteiger partial charge in [-0.1, -0.05) is 36.9 Å². The van der Waals surface area contributed by atoms with Crippen molar-refractivity contribution in [3.8, 4) is 0 Å². The van der Waals surface area contributed by atoms with Crippen molar-refractivity contribution in [2.24, 2.45) is 5.92 Å². The zero-order valence-corrected chi connectivity index (χ0v) is 16.4. The average molecular weight is 405 g/mol. The van der Waals surface area contributed by atoms with Crippen LogP contribution in [0.15, 0.2) is 30.3 Å². The second-order valence-electron chi connectivity index (χ2n) is 6.66. The minimum Gasteiger partial charge on any atom is -0.352 e. The quantitative estimate of drug-likeness (QED) is 0.680. The third-order valence-electron chi connectivity index (χ3n) is 4.79. The fraction of sp³-hybridized carbons (Fsp3) is 0.350. The van der Waals surface area contributed by atoms with E-state index in [-0.39, 0.29) is 22.9 Å². The van der Waals surface area contributed by atoms with Gasteiger partial charge in [0.15, 0.2) is 6.29 Å². The van der Waals surface area contributed by atoms with Gasteiger partial charge in [0.2, 0.25) is 0 Å². The molecule has 1 saturated carbocycles. The number of carbonyl (C=O) groups excluding carboxylic acids is 3. The Morgan fingerprint density at radius 2 is 1.89 bits per heavy atom. The van der Waals surface area contributed by atoms with Gasteiger partial charge < -0.3 is 10.6 Å². The van der Waals surface area contributed by atoms with E-state index in [1.165, 1.54) is 19.3 Å². The monoisotopic (exact) mass is 404 g/mol. The van der Waals surface area contributed by atoms with Gasteiger partial charge in [0, 0.05) is 6.54 Å². The Hall–Kier alpha value is -2.18. The summed E-state index contributed by atoms with van der Waals surface area (Å²) < 4.78 is 0.506. The Morgan fingerprint density at radius 1 is 1.11 bits per heavy atom. The summed E-state index contributed by atoms with van der Waals surface area (Å²) in [4.78, 5) is 37.0. The average Bonchev–Trinajstić information content (AvgIpc) is 3.13. The minimum atomic E-state index is -0.366. The van der Waals surface area contributed by atoms with Crippen LogP contribution in [0.3, 0.4) is 0 Å². The van der Waals surface area contributed by atoms with E-state index in [2.05, 4.69) is 10.6 Å². The number of nitrogens with one attached hydrogen (secondary N) is 2. The van der Waals surface area contributed by atoms with Crippen molar-refractivity contribution in [3.05, 3.63) is 50.7 Å². The molecule has 1 fully saturated rings. The third-order valence-corrected chi connectivity index (χ3v) is 6.02. The first-order chi connectivity index (χ1) is 13.1. The molecular formula is C20H21ClN2O3S. The lowest BCUT2D eigenvalue weighted by atomic mass is 9.89. The molecule has 7 heteroatoms. The molecule has 1 aliphatic carbocycles. The van der Waals surface area contributed by atoms with Crippen molar-refractivity contribution in [1.29, 1.82) is 0 Å². The normalized spacial score (nSPS) is 14.6. The van der Waals surface area contributed by atoms with Gasteiger partial charge in [0.05, 0.1) is 26.0 Å². The lowest BCUT2D eigenvalue weighted by Crippen LogP contribution is -2.31. The van der Waals surface area contributed by atoms with Crippen LogP contribution < -0.4 is 10.6 Å². The van der Waals surface area contributed by atoms with Gasteiger partial charge >= 0.3 is 0 Å². The highest BCUT2D eigenvalue weighted by molar-refractivity contribution is 7.18. The molecule has 0 saturated heterocycles. The van der Waals surface area contributed by atoms with Gasteiger partial charge in [0.1, 0.15) is 0 Å². The molecule has 0 atom stereocenters. The van der Waals surface area contributed by atoms with E-state index in [1.54, 1.807) is 30.3 Å². The topological polar surface area (TPSA) is 75.3 Å². The Balaban J connectivity index is 1.72. The van der Waals surface area contributed by atoms with E-state index in [4.69, 9.17) is 11.6 Å². The lowest BCUT2D eigenvalue weighted by molar-refractivity contribution is 0.0937. The van der Waals surface area contributed by atoms with Crippen LogP contribution in [-0.4, -0.2) is 24.6 Å². The van der Waals surface area contributed by atoms with Crippen LogP contribution in [-0.2, 0) is 0 Å². The lowest BCUT2D eigenvalue weighted by Gasteiger charge is -2.22. The Morgan fingerprint density at radius 3 is 2.56 bits per heavy atom. The van der Waals surface area contributed by atoms with Crippen molar-refractivity contribution in [2.45, 2.75) is 32.1 Å². The Kier molecular flexibility index (Phi) is 6.63. The Labute approximate surface area is 167 Å². The zero-order chi connectivity index (χ0) is 19.2. The molecule has 0 unspecified atom stereocenters. The SMILES string of the molecule is O=Cc1c(NC(=O)c2ccc(Cl)s2)cccc1C(=O)NCC1CCCCC1. The van der Waals surface area contributed by atoms with Crippen LogP contribution in [0.5, 0.6) is 0 Å². The summed E-state index contributed by atoms with van der Waals surface area (Å²) in [7, 11) is 0. The molecule has 27 heavy (non-hydrogen) atoms. The molecule has 3 rings (SSSR count). The number of aldehydes is 1. The first-order valence-electron chi connectivity index (χ1n) is 9.01. The number of anilines is 1. The summed E-state index contributed by atoms with van der Waals surface area (Å²) in [5.74, 6) is -0.165. The van der Waals surface area contributed by atoms with Crippen molar-refractivity contribution in [2.75, 3.05) is 11.9 Å². The summed E-state index contributed by atoms with van der Waals surface area (Å²) >= 11 is 7.01. The number of amides is 2. The molecule has 1 aromatic heterocycles. The zero-order valence-electron chi connectivity index (χ0n) is 14.8. The molecule has 0 radical (unpaired) electrons. The van der Waals surface area contributed by atoms with Crippen LogP contribution in [0.1, 0.15) is 62.5 Å². The maximum absolute atomic E-state index is 12.6. The van der Waals surface area contributed by atoms with E-state index in [1.807, 2.05) is 0 Å². The van der Waals surface area contributed by atoms with E-state index >= 15 is 0 Å². The van der Waals surface area contributed by atoms with Crippen LogP contribution in [0.25, 0.3) is 0 Å². The number of thiophene rings is 1. The van der Waals surface area contributed by atoms with Crippen molar-refractivity contribution in [3.63, 3.8) is 0 Å². The first kappa shape index (κ1) is 19.6. The van der Waals surface area contributed by atoms with E-state index in [0.29, 0.717) is 33.6 Å². The molecule has 2 N–H and O–H groups in total. The fourth-order valence-corrected chi connectivity index (χ4v) is 4.28. The molecule has 0 spiro atoms. The smallest absolute Gasteiger partial charge is 0.265 e. The van der Waals surface area contributed by atoms with Crippen molar-refractivity contribution < 1.29 is 14.4 Å². The van der Waals surface area contributed by atoms with Crippen molar-refractivity contribution in [1.82, 2.24) is 5.32 Å². The van der Waals surface area contributed by atoms with Crippen LogP contribution >= 0.6 is 22.9 Å². The van der Waals surface area contributed by atoms with E-state index in [9.17, 15) is 14.4 Å². The molecule has 0 bridgehead atoms. The number of carbonyl (C=O) groups is 3. The number of rotatable bonds is 6.